The Morgan fingerprint density at radius 3 is 2.42 bits per heavy atom. The summed E-state index contributed by atoms with van der Waals surface area (Å²) in [5, 5.41) is 0.192. The van der Waals surface area contributed by atoms with E-state index in [0.29, 0.717) is 5.56 Å². The van der Waals surface area contributed by atoms with Crippen LogP contribution >= 0.6 is 11.6 Å². The van der Waals surface area contributed by atoms with E-state index in [1.54, 1.807) is 0 Å². The lowest BCUT2D eigenvalue weighted by molar-refractivity contribution is 0.0778. The van der Waals surface area contributed by atoms with Crippen molar-refractivity contribution in [2.45, 2.75) is 11.4 Å². The van der Waals surface area contributed by atoms with E-state index in [9.17, 15) is 22.8 Å². The minimum Gasteiger partial charge on any atom is -0.336 e. The van der Waals surface area contributed by atoms with Gasteiger partial charge in [-0.15, -0.1) is 0 Å². The van der Waals surface area contributed by atoms with E-state index in [4.69, 9.17) is 11.6 Å². The zero-order valence-corrected chi connectivity index (χ0v) is 14.4. The first-order valence-electron chi connectivity index (χ1n) is 6.65. The molecule has 0 atom stereocenters. The van der Waals surface area contributed by atoms with Crippen LogP contribution in [0.2, 0.25) is 5.02 Å². The van der Waals surface area contributed by atoms with Gasteiger partial charge < -0.3 is 9.88 Å². The number of hydrogen-bond donors (Lipinski definition) is 2. The third kappa shape index (κ3) is 4.12. The number of nitrogens with one attached hydrogen (secondary N) is 2. The predicted molar refractivity (Wildman–Crippen MR) is 88.0 cm³/mol. The second kappa shape index (κ2) is 6.62. The number of H-pyrrole nitrogens is 2. The second-order valence-electron chi connectivity index (χ2n) is 5.19. The van der Waals surface area contributed by atoms with E-state index >= 15 is 0 Å². The van der Waals surface area contributed by atoms with Crippen molar-refractivity contribution in [2.24, 2.45) is 0 Å². The normalized spacial score (nSPS) is 11.3. The molecule has 10 heteroatoms. The molecule has 0 spiro atoms. The van der Waals surface area contributed by atoms with Crippen LogP contribution < -0.4 is 11.2 Å². The largest absolute Gasteiger partial charge is 0.336 e. The number of sulfone groups is 1. The zero-order valence-electron chi connectivity index (χ0n) is 12.8. The van der Waals surface area contributed by atoms with Gasteiger partial charge in [0.05, 0.1) is 4.90 Å². The Bertz CT molecular complexity index is 981. The van der Waals surface area contributed by atoms with Crippen molar-refractivity contribution in [1.29, 1.82) is 0 Å². The molecule has 0 unspecified atom stereocenters. The molecular weight excluding hydrogens is 358 g/mol. The monoisotopic (exact) mass is 371 g/mol. The molecule has 24 heavy (non-hydrogen) atoms. The molecule has 0 aliphatic heterocycles. The highest BCUT2D eigenvalue weighted by molar-refractivity contribution is 7.90. The van der Waals surface area contributed by atoms with Crippen LogP contribution in [-0.2, 0) is 16.4 Å². The molecule has 8 nitrogen and oxygen atoms in total. The SMILES string of the molecule is CN(Cc1ccc(S(C)(=O)=O)cc1Cl)C(=O)c1cc(=O)[nH]c(=O)[nH]1. The summed E-state index contributed by atoms with van der Waals surface area (Å²) < 4.78 is 23.0. The zero-order chi connectivity index (χ0) is 18.1. The van der Waals surface area contributed by atoms with E-state index in [1.165, 1.54) is 30.1 Å². The lowest BCUT2D eigenvalue weighted by atomic mass is 10.2. The van der Waals surface area contributed by atoms with Gasteiger partial charge in [0.2, 0.25) is 0 Å². The van der Waals surface area contributed by atoms with Crippen LogP contribution in [0.4, 0.5) is 0 Å². The number of benzene rings is 1. The highest BCUT2D eigenvalue weighted by atomic mass is 35.5. The number of rotatable bonds is 4. The topological polar surface area (TPSA) is 120 Å². The molecule has 0 aliphatic rings. The Kier molecular flexibility index (Phi) is 4.95. The molecule has 0 fully saturated rings. The van der Waals surface area contributed by atoms with E-state index in [1.807, 2.05) is 4.98 Å². The van der Waals surface area contributed by atoms with Gasteiger partial charge in [-0.2, -0.15) is 0 Å². The maximum Gasteiger partial charge on any atom is 0.326 e. The third-order valence-corrected chi connectivity index (χ3v) is 4.66. The number of aromatic nitrogens is 2. The van der Waals surface area contributed by atoms with Gasteiger partial charge in [0.25, 0.3) is 11.5 Å². The average molecular weight is 372 g/mol. The van der Waals surface area contributed by atoms with Crippen molar-refractivity contribution in [3.63, 3.8) is 0 Å². The number of carbonyl (C=O) groups excluding carboxylic acids is 1. The van der Waals surface area contributed by atoms with Crippen LogP contribution in [0.3, 0.4) is 0 Å². The molecular formula is C14H14ClN3O5S. The van der Waals surface area contributed by atoms with E-state index < -0.39 is 27.0 Å². The maximum atomic E-state index is 12.3. The number of carbonyl (C=O) groups is 1. The van der Waals surface area contributed by atoms with Gasteiger partial charge in [0.1, 0.15) is 5.69 Å². The summed E-state index contributed by atoms with van der Waals surface area (Å²) in [7, 11) is -1.92. The van der Waals surface area contributed by atoms with Gasteiger partial charge >= 0.3 is 5.69 Å². The molecule has 0 saturated carbocycles. The Hall–Kier alpha value is -2.39. The molecule has 0 saturated heterocycles. The molecule has 0 bridgehead atoms. The lowest BCUT2D eigenvalue weighted by Crippen LogP contribution is -2.32. The van der Waals surface area contributed by atoms with Gasteiger partial charge in [-0.1, -0.05) is 17.7 Å². The summed E-state index contributed by atoms with van der Waals surface area (Å²) in [6.45, 7) is 0.0660. The summed E-state index contributed by atoms with van der Waals surface area (Å²) in [4.78, 5) is 40.3. The number of halogens is 1. The maximum absolute atomic E-state index is 12.3. The first kappa shape index (κ1) is 18.0. The molecule has 1 heterocycles. The van der Waals surface area contributed by atoms with E-state index in [-0.39, 0.29) is 22.2 Å². The summed E-state index contributed by atoms with van der Waals surface area (Å²) in [6.07, 6.45) is 1.07. The average Bonchev–Trinajstić information content (AvgIpc) is 2.46. The van der Waals surface area contributed by atoms with Crippen LogP contribution in [0.1, 0.15) is 16.1 Å². The van der Waals surface area contributed by atoms with Crippen molar-refractivity contribution in [2.75, 3.05) is 13.3 Å². The van der Waals surface area contributed by atoms with Gasteiger partial charge in [-0.05, 0) is 17.7 Å². The molecule has 2 N–H and O–H groups in total. The molecule has 0 radical (unpaired) electrons. The number of nitrogens with zero attached hydrogens (tertiary/aromatic N) is 1. The fourth-order valence-corrected chi connectivity index (χ4v) is 2.96. The Morgan fingerprint density at radius 1 is 1.21 bits per heavy atom. The number of aromatic amines is 2. The second-order valence-corrected chi connectivity index (χ2v) is 7.61. The molecule has 1 amide bonds. The summed E-state index contributed by atoms with van der Waals surface area (Å²) in [5.74, 6) is -0.582. The molecule has 2 rings (SSSR count). The first-order valence-corrected chi connectivity index (χ1v) is 8.92. The first-order chi connectivity index (χ1) is 11.1. The van der Waals surface area contributed by atoms with Gasteiger partial charge in [0, 0.05) is 30.9 Å². The minimum absolute atomic E-state index is 0.0660. The molecule has 2 aromatic rings. The minimum atomic E-state index is -3.38. The third-order valence-electron chi connectivity index (χ3n) is 3.20. The van der Waals surface area contributed by atoms with Crippen LogP contribution in [0.25, 0.3) is 0 Å². The highest BCUT2D eigenvalue weighted by Gasteiger charge is 2.16. The fraction of sp³-hybridized carbons (Fsp3) is 0.214. The van der Waals surface area contributed by atoms with Crippen molar-refractivity contribution >= 4 is 27.3 Å². The molecule has 0 aliphatic carbocycles. The quantitative estimate of drug-likeness (QED) is 0.805. The standard InChI is InChI=1S/C14H14ClN3O5S/c1-18(13(20)11-6-12(19)17-14(21)16-11)7-8-3-4-9(5-10(8)15)24(2,22)23/h3-6H,7H2,1-2H3,(H2,16,17,19,21). The van der Waals surface area contributed by atoms with Crippen LogP contribution in [0.5, 0.6) is 0 Å². The van der Waals surface area contributed by atoms with Gasteiger partial charge in [0.15, 0.2) is 9.84 Å². The number of amides is 1. The lowest BCUT2D eigenvalue weighted by Gasteiger charge is -2.18. The summed E-state index contributed by atoms with van der Waals surface area (Å²) in [5.41, 5.74) is -1.11. The molecule has 128 valence electrons. The van der Waals surface area contributed by atoms with Crippen molar-refractivity contribution in [3.8, 4) is 0 Å². The fourth-order valence-electron chi connectivity index (χ4n) is 2.00. The van der Waals surface area contributed by atoms with Crippen LogP contribution in [0.15, 0.2) is 38.8 Å². The van der Waals surface area contributed by atoms with Gasteiger partial charge in [-0.25, -0.2) is 13.2 Å². The Morgan fingerprint density at radius 2 is 1.88 bits per heavy atom. The van der Waals surface area contributed by atoms with E-state index in [0.717, 1.165) is 12.3 Å². The van der Waals surface area contributed by atoms with E-state index in [2.05, 4.69) is 4.98 Å². The molecule has 1 aromatic heterocycles. The highest BCUT2D eigenvalue weighted by Crippen LogP contribution is 2.22. The van der Waals surface area contributed by atoms with Crippen LogP contribution in [-0.4, -0.2) is 42.5 Å². The Balaban J connectivity index is 2.26. The molecule has 1 aromatic carbocycles. The van der Waals surface area contributed by atoms with Crippen molar-refractivity contribution < 1.29 is 13.2 Å². The smallest absolute Gasteiger partial charge is 0.326 e. The predicted octanol–water partition coefficient (Wildman–Crippen LogP) is 0.392. The van der Waals surface area contributed by atoms with Crippen LogP contribution in [0, 0.1) is 0 Å². The van der Waals surface area contributed by atoms with Crippen molar-refractivity contribution in [1.82, 2.24) is 14.9 Å². The van der Waals surface area contributed by atoms with Crippen molar-refractivity contribution in [3.05, 3.63) is 61.4 Å². The summed E-state index contributed by atoms with van der Waals surface area (Å²) >= 11 is 6.07. The summed E-state index contributed by atoms with van der Waals surface area (Å²) in [6, 6.07) is 5.18. The van der Waals surface area contributed by atoms with Gasteiger partial charge in [-0.3, -0.25) is 14.6 Å². The Labute approximate surface area is 142 Å². The number of hydrogen-bond acceptors (Lipinski definition) is 5.